The molecule has 0 aliphatic carbocycles. The van der Waals surface area contributed by atoms with Crippen LogP contribution >= 0.6 is 0 Å². The van der Waals surface area contributed by atoms with E-state index in [0.29, 0.717) is 5.69 Å². The molecule has 0 spiro atoms. The predicted molar refractivity (Wildman–Crippen MR) is 86.0 cm³/mol. The molecule has 0 atom stereocenters. The highest BCUT2D eigenvalue weighted by atomic mass is 32.2. The highest BCUT2D eigenvalue weighted by Crippen LogP contribution is 2.17. The van der Waals surface area contributed by atoms with E-state index in [0.717, 1.165) is 28.6 Å². The molecule has 0 fully saturated rings. The van der Waals surface area contributed by atoms with Crippen LogP contribution in [-0.4, -0.2) is 39.3 Å². The maximum atomic E-state index is 12.9. The monoisotopic (exact) mass is 354 g/mol. The molecule has 0 unspecified atom stereocenters. The minimum Gasteiger partial charge on any atom is -0.314 e. The van der Waals surface area contributed by atoms with Gasteiger partial charge in [0, 0.05) is 19.8 Å². The lowest BCUT2D eigenvalue weighted by Crippen LogP contribution is -2.39. The second-order valence-corrected chi connectivity index (χ2v) is 7.19. The van der Waals surface area contributed by atoms with Crippen molar-refractivity contribution in [1.82, 2.24) is 4.31 Å². The quantitative estimate of drug-likeness (QED) is 0.828. The molecule has 0 heterocycles. The van der Waals surface area contributed by atoms with E-state index >= 15 is 0 Å². The van der Waals surface area contributed by atoms with Crippen LogP contribution in [0.4, 0.5) is 14.5 Å². The summed E-state index contributed by atoms with van der Waals surface area (Å²) in [5.41, 5.74) is 0.439. The van der Waals surface area contributed by atoms with Gasteiger partial charge in [-0.3, -0.25) is 4.79 Å². The van der Waals surface area contributed by atoms with Crippen LogP contribution in [-0.2, 0) is 14.8 Å². The summed E-state index contributed by atoms with van der Waals surface area (Å²) in [6.45, 7) is -0.409. The Bertz CT molecular complexity index is 821. The van der Waals surface area contributed by atoms with Gasteiger partial charge in [0.15, 0.2) is 0 Å². The van der Waals surface area contributed by atoms with E-state index in [9.17, 15) is 22.0 Å². The number of nitrogens with zero attached hydrogens (tertiary/aromatic N) is 2. The van der Waals surface area contributed by atoms with Gasteiger partial charge in [-0.25, -0.2) is 17.2 Å². The largest absolute Gasteiger partial charge is 0.314 e. The fourth-order valence-electron chi connectivity index (χ4n) is 1.98. The normalized spacial score (nSPS) is 11.5. The smallest absolute Gasteiger partial charge is 0.243 e. The second kappa shape index (κ2) is 7.06. The van der Waals surface area contributed by atoms with Crippen LogP contribution in [0.5, 0.6) is 0 Å². The Balaban J connectivity index is 2.12. The van der Waals surface area contributed by atoms with Crippen LogP contribution in [0.3, 0.4) is 0 Å². The first-order valence-electron chi connectivity index (χ1n) is 6.96. The van der Waals surface area contributed by atoms with Gasteiger partial charge < -0.3 is 4.90 Å². The Hall–Kier alpha value is -2.32. The van der Waals surface area contributed by atoms with Crippen LogP contribution in [0.1, 0.15) is 0 Å². The summed E-state index contributed by atoms with van der Waals surface area (Å²) in [5.74, 6) is -1.48. The highest BCUT2D eigenvalue weighted by molar-refractivity contribution is 7.89. The zero-order chi connectivity index (χ0) is 17.9. The third-order valence-electron chi connectivity index (χ3n) is 3.47. The summed E-state index contributed by atoms with van der Waals surface area (Å²) in [6, 6.07) is 9.59. The fourth-order valence-corrected chi connectivity index (χ4v) is 3.10. The molecule has 0 aliphatic rings. The molecule has 2 rings (SSSR count). The van der Waals surface area contributed by atoms with E-state index in [1.807, 2.05) is 0 Å². The van der Waals surface area contributed by atoms with Crippen LogP contribution < -0.4 is 4.90 Å². The molecule has 0 N–H and O–H groups in total. The minimum atomic E-state index is -3.91. The molecule has 0 saturated carbocycles. The van der Waals surface area contributed by atoms with Crippen molar-refractivity contribution >= 4 is 21.6 Å². The van der Waals surface area contributed by atoms with Gasteiger partial charge in [-0.2, -0.15) is 4.31 Å². The predicted octanol–water partition coefficient (Wildman–Crippen LogP) is 2.25. The third-order valence-corrected chi connectivity index (χ3v) is 5.29. The van der Waals surface area contributed by atoms with E-state index in [1.165, 1.54) is 43.3 Å². The first-order chi connectivity index (χ1) is 11.2. The molecule has 0 aliphatic heterocycles. The number of halogens is 2. The van der Waals surface area contributed by atoms with Gasteiger partial charge in [0.2, 0.25) is 15.9 Å². The molecule has 0 radical (unpaired) electrons. The molecule has 0 saturated heterocycles. The Morgan fingerprint density at radius 2 is 1.38 bits per heavy atom. The Labute approximate surface area is 139 Å². The van der Waals surface area contributed by atoms with Crippen molar-refractivity contribution in [1.29, 1.82) is 0 Å². The van der Waals surface area contributed by atoms with Gasteiger partial charge >= 0.3 is 0 Å². The van der Waals surface area contributed by atoms with Crippen molar-refractivity contribution in [2.24, 2.45) is 0 Å². The number of benzene rings is 2. The number of carbonyl (C=O) groups excluding carboxylic acids is 1. The van der Waals surface area contributed by atoms with Gasteiger partial charge in [-0.15, -0.1) is 0 Å². The average molecular weight is 354 g/mol. The van der Waals surface area contributed by atoms with Gasteiger partial charge in [0.1, 0.15) is 11.6 Å². The average Bonchev–Trinajstić information content (AvgIpc) is 2.55. The van der Waals surface area contributed by atoms with Crippen LogP contribution in [0.2, 0.25) is 0 Å². The molecular weight excluding hydrogens is 338 g/mol. The van der Waals surface area contributed by atoms with Crippen LogP contribution in [0, 0.1) is 11.6 Å². The standard InChI is InChI=1S/C16H16F2N2O3S/c1-19(24(22,23)15-9-5-13(18)6-10-15)11-16(21)20(2)14-7-3-12(17)4-8-14/h3-10H,11H2,1-2H3. The summed E-state index contributed by atoms with van der Waals surface area (Å²) in [5, 5.41) is 0. The van der Waals surface area contributed by atoms with Crippen molar-refractivity contribution in [3.63, 3.8) is 0 Å². The molecule has 5 nitrogen and oxygen atoms in total. The summed E-state index contributed by atoms with van der Waals surface area (Å²) >= 11 is 0. The third kappa shape index (κ3) is 3.95. The highest BCUT2D eigenvalue weighted by Gasteiger charge is 2.24. The maximum absolute atomic E-state index is 12.9. The lowest BCUT2D eigenvalue weighted by molar-refractivity contribution is -0.118. The Morgan fingerprint density at radius 3 is 1.88 bits per heavy atom. The van der Waals surface area contributed by atoms with E-state index in [1.54, 1.807) is 0 Å². The van der Waals surface area contributed by atoms with Gasteiger partial charge in [0.05, 0.1) is 11.4 Å². The number of carbonyl (C=O) groups is 1. The van der Waals surface area contributed by atoms with E-state index in [2.05, 4.69) is 0 Å². The lowest BCUT2D eigenvalue weighted by Gasteiger charge is -2.22. The molecule has 0 aromatic heterocycles. The number of rotatable bonds is 5. The molecule has 1 amide bonds. The van der Waals surface area contributed by atoms with E-state index in [4.69, 9.17) is 0 Å². The van der Waals surface area contributed by atoms with E-state index in [-0.39, 0.29) is 4.90 Å². The molecule has 2 aromatic rings. The van der Waals surface area contributed by atoms with E-state index < -0.39 is 34.1 Å². The number of hydrogen-bond donors (Lipinski definition) is 0. The molecular formula is C16H16F2N2O3S. The van der Waals surface area contributed by atoms with Crippen LogP contribution in [0.15, 0.2) is 53.4 Å². The fraction of sp³-hybridized carbons (Fsp3) is 0.188. The number of anilines is 1. The van der Waals surface area contributed by atoms with Crippen LogP contribution in [0.25, 0.3) is 0 Å². The number of sulfonamides is 1. The number of likely N-dealkylation sites (N-methyl/N-ethyl adjacent to an activating group) is 2. The number of hydrogen-bond acceptors (Lipinski definition) is 3. The zero-order valence-corrected chi connectivity index (χ0v) is 13.9. The van der Waals surface area contributed by atoms with Gasteiger partial charge in [-0.1, -0.05) is 0 Å². The first-order valence-corrected chi connectivity index (χ1v) is 8.40. The molecule has 8 heteroatoms. The lowest BCUT2D eigenvalue weighted by atomic mass is 10.3. The Morgan fingerprint density at radius 1 is 0.917 bits per heavy atom. The number of amides is 1. The van der Waals surface area contributed by atoms with Gasteiger partial charge in [-0.05, 0) is 48.5 Å². The second-order valence-electron chi connectivity index (χ2n) is 5.14. The summed E-state index contributed by atoms with van der Waals surface area (Å²) in [7, 11) is -1.19. The molecule has 128 valence electrons. The molecule has 0 bridgehead atoms. The van der Waals surface area contributed by atoms with Crippen molar-refractivity contribution in [2.45, 2.75) is 4.90 Å². The minimum absolute atomic E-state index is 0.108. The molecule has 2 aromatic carbocycles. The van der Waals surface area contributed by atoms with Crippen molar-refractivity contribution in [3.8, 4) is 0 Å². The first kappa shape index (κ1) is 18.0. The maximum Gasteiger partial charge on any atom is 0.243 e. The van der Waals surface area contributed by atoms with Crippen molar-refractivity contribution < 1.29 is 22.0 Å². The summed E-state index contributed by atoms with van der Waals surface area (Å²) in [6.07, 6.45) is 0. The molecule has 24 heavy (non-hydrogen) atoms. The van der Waals surface area contributed by atoms with Crippen molar-refractivity contribution in [2.75, 3.05) is 25.5 Å². The summed E-state index contributed by atoms with van der Waals surface area (Å²) in [4.78, 5) is 13.4. The summed E-state index contributed by atoms with van der Waals surface area (Å²) < 4.78 is 51.4. The SMILES string of the molecule is CN(C(=O)CN(C)S(=O)(=O)c1ccc(F)cc1)c1ccc(F)cc1. The zero-order valence-electron chi connectivity index (χ0n) is 13.1. The topological polar surface area (TPSA) is 57.7 Å². The Kier molecular flexibility index (Phi) is 5.30. The van der Waals surface area contributed by atoms with Crippen molar-refractivity contribution in [3.05, 3.63) is 60.2 Å². The van der Waals surface area contributed by atoms with Gasteiger partial charge in [0.25, 0.3) is 0 Å².